The van der Waals surface area contributed by atoms with E-state index in [0.29, 0.717) is 32.9 Å². The van der Waals surface area contributed by atoms with Gasteiger partial charge in [-0.3, -0.25) is 14.5 Å². The number of rotatable bonds is 4. The molecule has 0 radical (unpaired) electrons. The number of anilines is 2. The summed E-state index contributed by atoms with van der Waals surface area (Å²) in [5.74, 6) is 0.191. The molecule has 2 aromatic rings. The van der Waals surface area contributed by atoms with Gasteiger partial charge in [0.25, 0.3) is 5.91 Å². The third kappa shape index (κ3) is 3.88. The molecule has 0 saturated carbocycles. The Morgan fingerprint density at radius 2 is 1.96 bits per heavy atom. The third-order valence-electron chi connectivity index (χ3n) is 4.39. The molecular formula is C20H20Cl2N2O4. The summed E-state index contributed by atoms with van der Waals surface area (Å²) in [5.41, 5.74) is 0.612. The summed E-state index contributed by atoms with van der Waals surface area (Å²) in [5, 5.41) is 3.75. The van der Waals surface area contributed by atoms with Crippen molar-refractivity contribution >= 4 is 46.4 Å². The van der Waals surface area contributed by atoms with Crippen molar-refractivity contribution in [3.63, 3.8) is 0 Å². The summed E-state index contributed by atoms with van der Waals surface area (Å²) in [4.78, 5) is 27.0. The molecule has 28 heavy (non-hydrogen) atoms. The molecule has 2 aromatic carbocycles. The molecule has 1 aliphatic rings. The van der Waals surface area contributed by atoms with Crippen molar-refractivity contribution in [3.8, 4) is 11.5 Å². The van der Waals surface area contributed by atoms with Gasteiger partial charge >= 0.3 is 0 Å². The number of carbonyl (C=O) groups is 2. The molecule has 148 valence electrons. The average molecular weight is 423 g/mol. The highest BCUT2D eigenvalue weighted by Gasteiger charge is 2.41. The first-order valence-electron chi connectivity index (χ1n) is 8.57. The van der Waals surface area contributed by atoms with Crippen molar-refractivity contribution < 1.29 is 19.1 Å². The van der Waals surface area contributed by atoms with Gasteiger partial charge in [0.05, 0.1) is 18.5 Å². The van der Waals surface area contributed by atoms with E-state index in [4.69, 9.17) is 32.7 Å². The normalized spacial score (nSPS) is 14.9. The number of fused-ring (bicyclic) bond motifs is 1. The maximum atomic E-state index is 12.9. The van der Waals surface area contributed by atoms with E-state index in [9.17, 15) is 9.59 Å². The molecular weight excluding hydrogens is 403 g/mol. The van der Waals surface area contributed by atoms with Crippen LogP contribution in [0.15, 0.2) is 30.3 Å². The zero-order valence-corrected chi connectivity index (χ0v) is 17.4. The fourth-order valence-corrected chi connectivity index (χ4v) is 3.28. The van der Waals surface area contributed by atoms with Gasteiger partial charge in [0.2, 0.25) is 5.91 Å². The lowest BCUT2D eigenvalue weighted by Gasteiger charge is -2.38. The third-order valence-corrected chi connectivity index (χ3v) is 5.04. The molecule has 3 rings (SSSR count). The Morgan fingerprint density at radius 1 is 1.25 bits per heavy atom. The number of nitrogens with zero attached hydrogens (tertiary/aromatic N) is 1. The van der Waals surface area contributed by atoms with Gasteiger partial charge < -0.3 is 14.8 Å². The van der Waals surface area contributed by atoms with E-state index < -0.39 is 11.5 Å². The standard InChI is InChI=1S/C20H20Cl2N2O4/c1-11-7-14(17(27-4)9-13(11)22)23-18(25)10-24-15-8-12(21)5-6-16(15)28-20(2,3)19(24)26/h5-9H,10H2,1-4H3,(H,23,25). The lowest BCUT2D eigenvalue weighted by Crippen LogP contribution is -2.54. The highest BCUT2D eigenvalue weighted by Crippen LogP contribution is 2.39. The number of benzene rings is 2. The Labute approximate surface area is 173 Å². The number of carbonyl (C=O) groups excluding carboxylic acids is 2. The fourth-order valence-electron chi connectivity index (χ4n) is 2.96. The zero-order chi connectivity index (χ0) is 20.6. The van der Waals surface area contributed by atoms with Gasteiger partial charge in [-0.05, 0) is 50.6 Å². The number of hydrogen-bond acceptors (Lipinski definition) is 4. The fraction of sp³-hybridized carbons (Fsp3) is 0.300. The zero-order valence-electron chi connectivity index (χ0n) is 15.9. The summed E-state index contributed by atoms with van der Waals surface area (Å²) in [6.07, 6.45) is 0. The van der Waals surface area contributed by atoms with Gasteiger partial charge in [0.15, 0.2) is 5.60 Å². The van der Waals surface area contributed by atoms with Crippen molar-refractivity contribution in [2.75, 3.05) is 23.9 Å². The SMILES string of the molecule is COc1cc(Cl)c(C)cc1NC(=O)CN1C(=O)C(C)(C)Oc2ccc(Cl)cc21. The molecule has 0 spiro atoms. The van der Waals surface area contributed by atoms with Crippen LogP contribution in [0.4, 0.5) is 11.4 Å². The van der Waals surface area contributed by atoms with Crippen LogP contribution >= 0.6 is 23.2 Å². The van der Waals surface area contributed by atoms with Gasteiger partial charge in [-0.15, -0.1) is 0 Å². The molecule has 1 N–H and O–H groups in total. The molecule has 0 unspecified atom stereocenters. The molecule has 0 atom stereocenters. The monoisotopic (exact) mass is 422 g/mol. The molecule has 0 saturated heterocycles. The minimum absolute atomic E-state index is 0.205. The lowest BCUT2D eigenvalue weighted by molar-refractivity contribution is -0.133. The van der Waals surface area contributed by atoms with Gasteiger partial charge in [-0.25, -0.2) is 0 Å². The van der Waals surface area contributed by atoms with Gasteiger partial charge in [-0.1, -0.05) is 23.2 Å². The van der Waals surface area contributed by atoms with Crippen LogP contribution < -0.4 is 19.7 Å². The summed E-state index contributed by atoms with van der Waals surface area (Å²) in [7, 11) is 1.49. The summed E-state index contributed by atoms with van der Waals surface area (Å²) < 4.78 is 11.0. The Hall–Kier alpha value is -2.44. The molecule has 1 aliphatic heterocycles. The van der Waals surface area contributed by atoms with Crippen LogP contribution in [-0.4, -0.2) is 31.1 Å². The second-order valence-electron chi connectivity index (χ2n) is 6.97. The Balaban J connectivity index is 1.89. The van der Waals surface area contributed by atoms with Crippen LogP contribution in [0, 0.1) is 6.92 Å². The number of aryl methyl sites for hydroxylation is 1. The van der Waals surface area contributed by atoms with E-state index in [2.05, 4.69) is 5.32 Å². The van der Waals surface area contributed by atoms with E-state index in [-0.39, 0.29) is 12.5 Å². The maximum Gasteiger partial charge on any atom is 0.271 e. The number of hydrogen-bond donors (Lipinski definition) is 1. The topological polar surface area (TPSA) is 67.9 Å². The van der Waals surface area contributed by atoms with Crippen LogP contribution in [-0.2, 0) is 9.59 Å². The molecule has 0 aliphatic carbocycles. The maximum absolute atomic E-state index is 12.9. The number of halogens is 2. The van der Waals surface area contributed by atoms with E-state index in [1.807, 2.05) is 6.92 Å². The molecule has 1 heterocycles. The highest BCUT2D eigenvalue weighted by molar-refractivity contribution is 6.31. The van der Waals surface area contributed by atoms with Crippen LogP contribution in [0.25, 0.3) is 0 Å². The van der Waals surface area contributed by atoms with Crippen molar-refractivity contribution in [1.29, 1.82) is 0 Å². The van der Waals surface area contributed by atoms with Crippen molar-refractivity contribution in [2.24, 2.45) is 0 Å². The van der Waals surface area contributed by atoms with Crippen LogP contribution in [0.2, 0.25) is 10.0 Å². The summed E-state index contributed by atoms with van der Waals surface area (Å²) in [6, 6.07) is 8.30. The predicted molar refractivity (Wildman–Crippen MR) is 110 cm³/mol. The highest BCUT2D eigenvalue weighted by atomic mass is 35.5. The smallest absolute Gasteiger partial charge is 0.271 e. The van der Waals surface area contributed by atoms with Gasteiger partial charge in [0, 0.05) is 16.1 Å². The second kappa shape index (κ2) is 7.53. The van der Waals surface area contributed by atoms with Gasteiger partial charge in [0.1, 0.15) is 18.0 Å². The average Bonchev–Trinajstić information content (AvgIpc) is 2.62. The molecule has 0 aromatic heterocycles. The van der Waals surface area contributed by atoms with Crippen molar-refractivity contribution in [3.05, 3.63) is 45.9 Å². The second-order valence-corrected chi connectivity index (χ2v) is 7.81. The van der Waals surface area contributed by atoms with Crippen LogP contribution in [0.3, 0.4) is 0 Å². The molecule has 0 fully saturated rings. The predicted octanol–water partition coefficient (Wildman–Crippen LogP) is 4.45. The minimum atomic E-state index is -1.10. The first-order valence-corrected chi connectivity index (χ1v) is 9.32. The first kappa shape index (κ1) is 20.3. The summed E-state index contributed by atoms with van der Waals surface area (Å²) >= 11 is 12.2. The number of ether oxygens (including phenoxy) is 2. The Kier molecular flexibility index (Phi) is 5.46. The number of nitrogens with one attached hydrogen (secondary N) is 1. The largest absolute Gasteiger partial charge is 0.495 e. The van der Waals surface area contributed by atoms with E-state index in [0.717, 1.165) is 5.56 Å². The first-order chi connectivity index (χ1) is 13.1. The molecule has 6 nitrogen and oxygen atoms in total. The number of methoxy groups -OCH3 is 1. The van der Waals surface area contributed by atoms with Gasteiger partial charge in [-0.2, -0.15) is 0 Å². The quantitative estimate of drug-likeness (QED) is 0.789. The van der Waals surface area contributed by atoms with Crippen LogP contribution in [0.1, 0.15) is 19.4 Å². The van der Waals surface area contributed by atoms with Crippen LogP contribution in [0.5, 0.6) is 11.5 Å². The minimum Gasteiger partial charge on any atom is -0.495 e. The molecule has 2 amide bonds. The van der Waals surface area contributed by atoms with Crippen molar-refractivity contribution in [2.45, 2.75) is 26.4 Å². The van der Waals surface area contributed by atoms with Crippen molar-refractivity contribution in [1.82, 2.24) is 0 Å². The number of amides is 2. The molecule has 0 bridgehead atoms. The summed E-state index contributed by atoms with van der Waals surface area (Å²) in [6.45, 7) is 4.93. The Morgan fingerprint density at radius 3 is 2.64 bits per heavy atom. The van der Waals surface area contributed by atoms with E-state index in [1.165, 1.54) is 12.0 Å². The molecule has 8 heteroatoms. The lowest BCUT2D eigenvalue weighted by atomic mass is 10.0. The Bertz CT molecular complexity index is 959. The van der Waals surface area contributed by atoms with E-state index >= 15 is 0 Å². The van der Waals surface area contributed by atoms with E-state index in [1.54, 1.807) is 44.2 Å².